The van der Waals surface area contributed by atoms with E-state index in [-0.39, 0.29) is 34.3 Å². The molecule has 0 saturated carbocycles. The number of rotatable bonds is 9. The number of pyridine rings is 1. The molecule has 0 radical (unpaired) electrons. The molecular formula is C27H28N6O5. The molecule has 0 bridgehead atoms. The molecule has 0 saturated heterocycles. The van der Waals surface area contributed by atoms with Crippen molar-refractivity contribution in [3.05, 3.63) is 89.3 Å². The summed E-state index contributed by atoms with van der Waals surface area (Å²) in [6.45, 7) is 8.03. The molecule has 2 aromatic carbocycles. The Kier molecular flexibility index (Phi) is 9.04. The van der Waals surface area contributed by atoms with Crippen molar-refractivity contribution in [2.45, 2.75) is 13.8 Å². The second-order valence-electron chi connectivity index (χ2n) is 8.66. The fourth-order valence-electron chi connectivity index (χ4n) is 3.51. The number of amidine groups is 1. The highest BCUT2D eigenvalue weighted by molar-refractivity contribution is 6.11. The largest absolute Gasteiger partial charge is 0.350 e. The van der Waals surface area contributed by atoms with Gasteiger partial charge in [-0.15, -0.1) is 0 Å². The number of hydrogen-bond acceptors (Lipinski definition) is 7. The maximum Gasteiger partial charge on any atom is 0.293 e. The van der Waals surface area contributed by atoms with Crippen molar-refractivity contribution in [1.82, 2.24) is 21.3 Å². The maximum atomic E-state index is 13.4. The van der Waals surface area contributed by atoms with Gasteiger partial charge < -0.3 is 10.6 Å². The molecule has 0 aliphatic rings. The molecule has 0 atom stereocenters. The van der Waals surface area contributed by atoms with Crippen LogP contribution < -0.4 is 21.6 Å². The van der Waals surface area contributed by atoms with Crippen LogP contribution in [-0.2, 0) is 0 Å². The third-order valence-electron chi connectivity index (χ3n) is 5.47. The van der Waals surface area contributed by atoms with Crippen molar-refractivity contribution >= 4 is 35.3 Å². The van der Waals surface area contributed by atoms with Crippen LogP contribution in [-0.4, -0.2) is 45.5 Å². The van der Waals surface area contributed by atoms with Gasteiger partial charge in [0, 0.05) is 28.9 Å². The smallest absolute Gasteiger partial charge is 0.293 e. The number of hydroxylamine groups is 2. The predicted molar refractivity (Wildman–Crippen MR) is 142 cm³/mol. The molecule has 196 valence electrons. The second kappa shape index (κ2) is 12.4. The number of hydrogen-bond donors (Lipinski definition) is 7. The highest BCUT2D eigenvalue weighted by Crippen LogP contribution is 2.29. The van der Waals surface area contributed by atoms with E-state index in [9.17, 15) is 19.6 Å². The van der Waals surface area contributed by atoms with Gasteiger partial charge in [0.2, 0.25) is 0 Å². The van der Waals surface area contributed by atoms with Crippen molar-refractivity contribution in [3.8, 4) is 11.1 Å². The van der Waals surface area contributed by atoms with Crippen molar-refractivity contribution in [1.29, 1.82) is 5.41 Å². The van der Waals surface area contributed by atoms with Crippen molar-refractivity contribution in [3.63, 3.8) is 0 Å². The first-order valence-electron chi connectivity index (χ1n) is 11.6. The molecule has 7 N–H and O–H groups in total. The molecule has 0 fully saturated rings. The number of carbonyl (C=O) groups is 3. The Labute approximate surface area is 219 Å². The summed E-state index contributed by atoms with van der Waals surface area (Å²) >= 11 is 0. The zero-order chi connectivity index (χ0) is 27.8. The SMILES string of the molecule is C=Cc1ccc(-c2ccc(C(=O)NCC(C)C)nc2C(=O)NO)c(C(=O)Nc2ccc(C(=N)NO)cc2)c1. The maximum absolute atomic E-state index is 13.4. The van der Waals surface area contributed by atoms with Crippen molar-refractivity contribution < 1.29 is 24.8 Å². The van der Waals surface area contributed by atoms with Gasteiger partial charge >= 0.3 is 0 Å². The van der Waals surface area contributed by atoms with Crippen LogP contribution in [0.4, 0.5) is 5.69 Å². The molecule has 3 rings (SSSR count). The minimum atomic E-state index is -0.951. The van der Waals surface area contributed by atoms with E-state index >= 15 is 0 Å². The van der Waals surface area contributed by atoms with Gasteiger partial charge in [-0.2, -0.15) is 0 Å². The Bertz CT molecular complexity index is 1390. The molecule has 11 heteroatoms. The lowest BCUT2D eigenvalue weighted by Crippen LogP contribution is -2.29. The monoisotopic (exact) mass is 516 g/mol. The van der Waals surface area contributed by atoms with E-state index in [0.717, 1.165) is 0 Å². The highest BCUT2D eigenvalue weighted by atomic mass is 16.5. The number of nitrogens with zero attached hydrogens (tertiary/aromatic N) is 1. The van der Waals surface area contributed by atoms with Gasteiger partial charge in [0.05, 0.1) is 0 Å². The van der Waals surface area contributed by atoms with Crippen LogP contribution in [0.3, 0.4) is 0 Å². The third-order valence-corrected chi connectivity index (χ3v) is 5.47. The average Bonchev–Trinajstić information content (AvgIpc) is 2.94. The summed E-state index contributed by atoms with van der Waals surface area (Å²) in [5.41, 5.74) is 5.23. The average molecular weight is 517 g/mol. The molecule has 11 nitrogen and oxygen atoms in total. The summed E-state index contributed by atoms with van der Waals surface area (Å²) in [6, 6.07) is 14.0. The lowest BCUT2D eigenvalue weighted by atomic mass is 9.95. The number of anilines is 1. The summed E-state index contributed by atoms with van der Waals surface area (Å²) in [6.07, 6.45) is 1.56. The summed E-state index contributed by atoms with van der Waals surface area (Å²) in [5, 5.41) is 31.3. The summed E-state index contributed by atoms with van der Waals surface area (Å²) < 4.78 is 0. The van der Waals surface area contributed by atoms with Crippen molar-refractivity contribution in [2.24, 2.45) is 5.92 Å². The quantitative estimate of drug-likeness (QED) is 0.0985. The van der Waals surface area contributed by atoms with Crippen LogP contribution in [0.15, 0.2) is 61.2 Å². The fraction of sp³-hybridized carbons (Fsp3) is 0.148. The molecular weight excluding hydrogens is 488 g/mol. The first-order valence-corrected chi connectivity index (χ1v) is 11.6. The van der Waals surface area contributed by atoms with E-state index in [4.69, 9.17) is 10.6 Å². The normalized spacial score (nSPS) is 10.4. The minimum Gasteiger partial charge on any atom is -0.350 e. The van der Waals surface area contributed by atoms with E-state index in [1.165, 1.54) is 12.1 Å². The van der Waals surface area contributed by atoms with E-state index in [2.05, 4.69) is 22.2 Å². The van der Waals surface area contributed by atoms with Gasteiger partial charge in [0.1, 0.15) is 17.2 Å². The summed E-state index contributed by atoms with van der Waals surface area (Å²) in [4.78, 5) is 42.6. The Hall–Kier alpha value is -4.87. The Morgan fingerprint density at radius 2 is 1.63 bits per heavy atom. The zero-order valence-corrected chi connectivity index (χ0v) is 20.8. The third kappa shape index (κ3) is 6.46. The molecule has 0 aliphatic carbocycles. The topological polar surface area (TPSA) is 177 Å². The van der Waals surface area contributed by atoms with Crippen LogP contribution in [0.1, 0.15) is 56.3 Å². The van der Waals surface area contributed by atoms with Crippen LogP contribution in [0.2, 0.25) is 0 Å². The molecule has 1 aromatic heterocycles. The van der Waals surface area contributed by atoms with E-state index in [0.29, 0.717) is 28.9 Å². The van der Waals surface area contributed by atoms with Gasteiger partial charge in [0.15, 0.2) is 0 Å². The van der Waals surface area contributed by atoms with Crippen LogP contribution in [0.5, 0.6) is 0 Å². The Balaban J connectivity index is 2.04. The standard InChI is InChI=1S/C27H28N6O5/c1-4-16-5-10-19(21(13-16)25(34)30-18-8-6-17(7-9-18)24(28)32-37)20-11-12-22(26(35)29-14-15(2)3)31-23(20)27(36)33-38/h4-13,15,37-38H,1,14H2,2-3H3,(H2,28,32)(H,29,35)(H,30,34)(H,33,36). The fourth-order valence-corrected chi connectivity index (χ4v) is 3.51. The van der Waals surface area contributed by atoms with E-state index < -0.39 is 17.7 Å². The Morgan fingerprint density at radius 1 is 0.947 bits per heavy atom. The second-order valence-corrected chi connectivity index (χ2v) is 8.66. The van der Waals surface area contributed by atoms with Gasteiger partial charge in [-0.1, -0.05) is 38.6 Å². The molecule has 0 unspecified atom stereocenters. The highest BCUT2D eigenvalue weighted by Gasteiger charge is 2.22. The predicted octanol–water partition coefficient (Wildman–Crippen LogP) is 3.45. The molecule has 0 aliphatic heterocycles. The summed E-state index contributed by atoms with van der Waals surface area (Å²) in [5.74, 6) is -1.94. The Morgan fingerprint density at radius 3 is 2.24 bits per heavy atom. The number of benzene rings is 2. The molecule has 38 heavy (non-hydrogen) atoms. The molecule has 0 spiro atoms. The lowest BCUT2D eigenvalue weighted by Gasteiger charge is -2.15. The van der Waals surface area contributed by atoms with Crippen LogP contribution in [0, 0.1) is 11.3 Å². The van der Waals surface area contributed by atoms with Gasteiger partial charge in [-0.05, 0) is 59.5 Å². The number of amides is 3. The lowest BCUT2D eigenvalue weighted by molar-refractivity contribution is 0.0701. The van der Waals surface area contributed by atoms with Crippen LogP contribution >= 0.6 is 0 Å². The van der Waals surface area contributed by atoms with Gasteiger partial charge in [-0.25, -0.2) is 10.5 Å². The first kappa shape index (κ1) is 27.7. The number of nitrogens with one attached hydrogen (secondary N) is 5. The molecule has 3 amide bonds. The number of carbonyl (C=O) groups excluding carboxylic acids is 3. The van der Waals surface area contributed by atoms with E-state index in [1.807, 2.05) is 13.8 Å². The first-order chi connectivity index (χ1) is 18.2. The molecule has 1 heterocycles. The summed E-state index contributed by atoms with van der Waals surface area (Å²) in [7, 11) is 0. The van der Waals surface area contributed by atoms with Crippen molar-refractivity contribution in [2.75, 3.05) is 11.9 Å². The van der Waals surface area contributed by atoms with Gasteiger partial charge in [0.25, 0.3) is 17.7 Å². The van der Waals surface area contributed by atoms with Gasteiger partial charge in [-0.3, -0.25) is 35.7 Å². The van der Waals surface area contributed by atoms with Crippen LogP contribution in [0.25, 0.3) is 17.2 Å². The van der Waals surface area contributed by atoms with E-state index in [1.54, 1.807) is 59.5 Å². The zero-order valence-electron chi connectivity index (χ0n) is 20.8. The molecule has 3 aromatic rings. The minimum absolute atomic E-state index is 0.0234. The number of aromatic nitrogens is 1.